The third-order valence-corrected chi connectivity index (χ3v) is 4.15. The van der Waals surface area contributed by atoms with Crippen molar-refractivity contribution in [2.75, 3.05) is 5.32 Å². The van der Waals surface area contributed by atoms with Crippen molar-refractivity contribution in [2.45, 2.75) is 6.54 Å². The summed E-state index contributed by atoms with van der Waals surface area (Å²) < 4.78 is 0.890. The van der Waals surface area contributed by atoms with E-state index in [1.54, 1.807) is 24.3 Å². The maximum Gasteiger partial charge on any atom is 0.275 e. The van der Waals surface area contributed by atoms with Crippen molar-refractivity contribution in [3.63, 3.8) is 0 Å². The molecule has 9 heteroatoms. The Bertz CT molecular complexity index is 1100. The van der Waals surface area contributed by atoms with E-state index in [-0.39, 0.29) is 16.1 Å². The van der Waals surface area contributed by atoms with Gasteiger partial charge in [-0.25, -0.2) is 4.68 Å². The van der Waals surface area contributed by atoms with Gasteiger partial charge in [0.25, 0.3) is 11.5 Å². The summed E-state index contributed by atoms with van der Waals surface area (Å²) in [5, 5.41) is 7.75. The quantitative estimate of drug-likeness (QED) is 0.712. The standard InChI is InChI=1S/C17H12Cl2N4O3/c18-9-5-6-13(12(19)7-9)21-14(24)8-23-17(26)11-4-2-1-3-10(11)15(22-23)16(20)25/h1-7H,8H2,(H2,20,25)(H,21,24). The number of primary amides is 1. The molecule has 0 saturated heterocycles. The number of anilines is 1. The molecule has 0 spiro atoms. The van der Waals surface area contributed by atoms with Crippen LogP contribution in [0, 0.1) is 0 Å². The summed E-state index contributed by atoms with van der Waals surface area (Å²) in [5.41, 5.74) is 5.08. The number of aromatic nitrogens is 2. The molecule has 7 nitrogen and oxygen atoms in total. The van der Waals surface area contributed by atoms with Crippen molar-refractivity contribution in [3.8, 4) is 0 Å². The first-order chi connectivity index (χ1) is 12.4. The van der Waals surface area contributed by atoms with Crippen molar-refractivity contribution < 1.29 is 9.59 Å². The predicted molar refractivity (Wildman–Crippen MR) is 99.6 cm³/mol. The zero-order valence-electron chi connectivity index (χ0n) is 13.2. The van der Waals surface area contributed by atoms with Gasteiger partial charge in [-0.05, 0) is 24.3 Å². The lowest BCUT2D eigenvalue weighted by Crippen LogP contribution is -2.32. The summed E-state index contributed by atoms with van der Waals surface area (Å²) in [4.78, 5) is 36.4. The lowest BCUT2D eigenvalue weighted by Gasteiger charge is -2.10. The Morgan fingerprint density at radius 3 is 2.46 bits per heavy atom. The fourth-order valence-corrected chi connectivity index (χ4v) is 2.90. The maximum absolute atomic E-state index is 12.5. The first kappa shape index (κ1) is 17.9. The highest BCUT2D eigenvalue weighted by atomic mass is 35.5. The van der Waals surface area contributed by atoms with Gasteiger partial charge in [0.15, 0.2) is 5.69 Å². The molecule has 0 aliphatic rings. The zero-order valence-corrected chi connectivity index (χ0v) is 14.7. The first-order valence-corrected chi connectivity index (χ1v) is 8.17. The van der Waals surface area contributed by atoms with Crippen molar-refractivity contribution >= 4 is 51.5 Å². The van der Waals surface area contributed by atoms with Gasteiger partial charge in [0.2, 0.25) is 5.91 Å². The van der Waals surface area contributed by atoms with Gasteiger partial charge in [-0.15, -0.1) is 0 Å². The van der Waals surface area contributed by atoms with Crippen LogP contribution in [0.3, 0.4) is 0 Å². The van der Waals surface area contributed by atoms with Gasteiger partial charge in [-0.1, -0.05) is 41.4 Å². The summed E-state index contributed by atoms with van der Waals surface area (Å²) in [6, 6.07) is 11.0. The Morgan fingerprint density at radius 2 is 1.81 bits per heavy atom. The second-order valence-corrected chi connectivity index (χ2v) is 6.24. The fourth-order valence-electron chi connectivity index (χ4n) is 2.44. The Kier molecular flexibility index (Phi) is 4.92. The number of nitrogens with zero attached hydrogens (tertiary/aromatic N) is 2. The van der Waals surface area contributed by atoms with Crippen LogP contribution in [0.5, 0.6) is 0 Å². The number of carbonyl (C=O) groups is 2. The van der Waals surface area contributed by atoms with Gasteiger partial charge < -0.3 is 11.1 Å². The average molecular weight is 391 g/mol. The van der Waals surface area contributed by atoms with Gasteiger partial charge in [0.05, 0.1) is 16.1 Å². The van der Waals surface area contributed by atoms with Crippen molar-refractivity contribution in [3.05, 3.63) is 68.6 Å². The van der Waals surface area contributed by atoms with Crippen LogP contribution in [0.2, 0.25) is 10.0 Å². The Morgan fingerprint density at radius 1 is 1.12 bits per heavy atom. The van der Waals surface area contributed by atoms with Crippen molar-refractivity contribution in [2.24, 2.45) is 5.73 Å². The fraction of sp³-hybridized carbons (Fsp3) is 0.0588. The lowest BCUT2D eigenvalue weighted by atomic mass is 10.1. The van der Waals surface area contributed by atoms with Gasteiger partial charge in [0, 0.05) is 10.4 Å². The van der Waals surface area contributed by atoms with E-state index in [9.17, 15) is 14.4 Å². The maximum atomic E-state index is 12.5. The van der Waals surface area contributed by atoms with Gasteiger partial charge in [-0.2, -0.15) is 5.10 Å². The molecule has 1 heterocycles. The summed E-state index contributed by atoms with van der Waals surface area (Å²) in [6.07, 6.45) is 0. The first-order valence-electron chi connectivity index (χ1n) is 7.41. The topological polar surface area (TPSA) is 107 Å². The third-order valence-electron chi connectivity index (χ3n) is 3.60. The van der Waals surface area contributed by atoms with Crippen molar-refractivity contribution in [1.82, 2.24) is 9.78 Å². The normalized spacial score (nSPS) is 10.7. The number of benzene rings is 2. The molecule has 3 aromatic rings. The molecule has 3 N–H and O–H groups in total. The lowest BCUT2D eigenvalue weighted by molar-refractivity contribution is -0.117. The Balaban J connectivity index is 1.95. The van der Waals surface area contributed by atoms with E-state index in [0.717, 1.165) is 4.68 Å². The zero-order chi connectivity index (χ0) is 18.8. The van der Waals surface area contributed by atoms with E-state index in [2.05, 4.69) is 10.4 Å². The molecule has 26 heavy (non-hydrogen) atoms. The SMILES string of the molecule is NC(=O)c1nn(CC(=O)Nc2ccc(Cl)cc2Cl)c(=O)c2ccccc12. The Hall–Kier alpha value is -2.90. The molecule has 0 saturated carbocycles. The molecule has 0 fully saturated rings. The summed E-state index contributed by atoms with van der Waals surface area (Å²) in [7, 11) is 0. The van der Waals surface area contributed by atoms with E-state index < -0.39 is 23.9 Å². The highest BCUT2D eigenvalue weighted by molar-refractivity contribution is 6.36. The monoisotopic (exact) mass is 390 g/mol. The number of hydrogen-bond acceptors (Lipinski definition) is 4. The van der Waals surface area contributed by atoms with Crippen LogP contribution < -0.4 is 16.6 Å². The molecule has 0 atom stereocenters. The third kappa shape index (κ3) is 3.54. The number of hydrogen-bond donors (Lipinski definition) is 2. The molecule has 0 aliphatic heterocycles. The van der Waals surface area contributed by atoms with Gasteiger partial charge in [-0.3, -0.25) is 14.4 Å². The number of nitrogens with two attached hydrogens (primary N) is 1. The summed E-state index contributed by atoms with van der Waals surface area (Å²) in [6.45, 7) is -0.414. The minimum absolute atomic E-state index is 0.0856. The van der Waals surface area contributed by atoms with E-state index in [0.29, 0.717) is 16.1 Å². The number of fused-ring (bicyclic) bond motifs is 1. The number of nitrogens with one attached hydrogen (secondary N) is 1. The number of carbonyl (C=O) groups excluding carboxylic acids is 2. The molecule has 2 aromatic carbocycles. The second-order valence-electron chi connectivity index (χ2n) is 5.39. The molecular formula is C17H12Cl2N4O3. The smallest absolute Gasteiger partial charge is 0.275 e. The molecule has 0 unspecified atom stereocenters. The van der Waals surface area contributed by atoms with Gasteiger partial charge >= 0.3 is 0 Å². The van der Waals surface area contributed by atoms with Crippen LogP contribution in [-0.2, 0) is 11.3 Å². The van der Waals surface area contributed by atoms with E-state index in [1.165, 1.54) is 18.2 Å². The summed E-state index contributed by atoms with van der Waals surface area (Å²) in [5.74, 6) is -1.34. The van der Waals surface area contributed by atoms with Crippen LogP contribution >= 0.6 is 23.2 Å². The van der Waals surface area contributed by atoms with Crippen LogP contribution in [0.15, 0.2) is 47.3 Å². The van der Waals surface area contributed by atoms with Crippen LogP contribution in [0.25, 0.3) is 10.8 Å². The van der Waals surface area contributed by atoms with E-state index in [1.807, 2.05) is 0 Å². The Labute approximate surface area is 157 Å². The molecule has 0 aliphatic carbocycles. The van der Waals surface area contributed by atoms with E-state index >= 15 is 0 Å². The highest BCUT2D eigenvalue weighted by Gasteiger charge is 2.16. The highest BCUT2D eigenvalue weighted by Crippen LogP contribution is 2.25. The number of halogens is 2. The minimum atomic E-state index is -0.795. The predicted octanol–water partition coefficient (Wildman–Crippen LogP) is 2.44. The minimum Gasteiger partial charge on any atom is -0.364 e. The molecular weight excluding hydrogens is 379 g/mol. The van der Waals surface area contributed by atoms with E-state index in [4.69, 9.17) is 28.9 Å². The molecule has 2 amide bonds. The molecule has 132 valence electrons. The molecule has 3 rings (SSSR count). The van der Waals surface area contributed by atoms with Gasteiger partial charge in [0.1, 0.15) is 6.54 Å². The van der Waals surface area contributed by atoms with Crippen LogP contribution in [0.4, 0.5) is 5.69 Å². The largest absolute Gasteiger partial charge is 0.364 e. The average Bonchev–Trinajstić information content (AvgIpc) is 2.59. The number of amides is 2. The molecule has 1 aromatic heterocycles. The molecule has 0 radical (unpaired) electrons. The van der Waals surface area contributed by atoms with Crippen molar-refractivity contribution in [1.29, 1.82) is 0 Å². The molecule has 0 bridgehead atoms. The number of rotatable bonds is 4. The van der Waals surface area contributed by atoms with Crippen LogP contribution in [0.1, 0.15) is 10.5 Å². The van der Waals surface area contributed by atoms with Crippen LogP contribution in [-0.4, -0.2) is 21.6 Å². The second kappa shape index (κ2) is 7.15. The summed E-state index contributed by atoms with van der Waals surface area (Å²) >= 11 is 11.8.